The zero-order valence-corrected chi connectivity index (χ0v) is 52.0. The van der Waals surface area contributed by atoms with E-state index in [9.17, 15) is 45.6 Å². The molecule has 0 aromatic rings. The Morgan fingerprint density at radius 1 is 0.439 bits per heavy atom. The van der Waals surface area contributed by atoms with Crippen LogP contribution in [0, 0.1) is 0 Å². The van der Waals surface area contributed by atoms with Gasteiger partial charge >= 0.3 is 0 Å². The third-order valence-electron chi connectivity index (χ3n) is 16.5. The van der Waals surface area contributed by atoms with Gasteiger partial charge < -0.3 is 65.1 Å². The quantitative estimate of drug-likeness (QED) is 0.0204. The van der Waals surface area contributed by atoms with Crippen molar-refractivity contribution in [1.82, 2.24) is 5.32 Å². The fourth-order valence-electron chi connectivity index (χ4n) is 11.0. The van der Waals surface area contributed by atoms with Gasteiger partial charge in [0, 0.05) is 6.42 Å². The monoisotopic (exact) mass is 1160 g/mol. The van der Waals surface area contributed by atoms with Gasteiger partial charge in [-0.05, 0) is 64.2 Å². The lowest BCUT2D eigenvalue weighted by Gasteiger charge is -2.46. The molecular weight excluding hydrogens is 1040 g/mol. The predicted octanol–water partition coefficient (Wildman–Crippen LogP) is 13.1. The van der Waals surface area contributed by atoms with Crippen LogP contribution in [0.15, 0.2) is 48.6 Å². The fourth-order valence-corrected chi connectivity index (χ4v) is 11.0. The van der Waals surface area contributed by atoms with E-state index in [4.69, 9.17) is 18.9 Å². The summed E-state index contributed by atoms with van der Waals surface area (Å²) >= 11 is 0. The molecule has 9 N–H and O–H groups in total. The number of hydrogen-bond acceptors (Lipinski definition) is 13. The van der Waals surface area contributed by atoms with E-state index in [1.807, 2.05) is 6.08 Å². The van der Waals surface area contributed by atoms with Crippen LogP contribution in [-0.2, 0) is 23.7 Å². The lowest BCUT2D eigenvalue weighted by Crippen LogP contribution is -2.65. The van der Waals surface area contributed by atoms with Crippen molar-refractivity contribution in [2.24, 2.45) is 0 Å². The van der Waals surface area contributed by atoms with Gasteiger partial charge in [0.1, 0.15) is 48.8 Å². The first-order chi connectivity index (χ1) is 40.1. The molecule has 12 unspecified atom stereocenters. The molecule has 0 aromatic carbocycles. The van der Waals surface area contributed by atoms with Gasteiger partial charge in [0.2, 0.25) is 5.91 Å². The van der Waals surface area contributed by atoms with E-state index in [1.54, 1.807) is 6.08 Å². The van der Waals surface area contributed by atoms with Gasteiger partial charge in [-0.25, -0.2) is 0 Å². The maximum atomic E-state index is 13.3. The molecule has 0 aliphatic carbocycles. The minimum atomic E-state index is -1.79. The number of amides is 1. The molecule has 0 bridgehead atoms. The molecule has 82 heavy (non-hydrogen) atoms. The summed E-state index contributed by atoms with van der Waals surface area (Å²) in [4.78, 5) is 13.3. The molecule has 14 nitrogen and oxygen atoms in total. The van der Waals surface area contributed by atoms with Crippen LogP contribution in [-0.4, -0.2) is 140 Å². The molecular formula is C68H125NO13. The number of ether oxygens (including phenoxy) is 4. The second-order valence-electron chi connectivity index (χ2n) is 23.9. The highest BCUT2D eigenvalue weighted by Crippen LogP contribution is 2.30. The Morgan fingerprint density at radius 3 is 1.27 bits per heavy atom. The number of unbranched alkanes of at least 4 members (excludes halogenated alkanes) is 36. The highest BCUT2D eigenvalue weighted by Gasteiger charge is 2.51. The number of carbonyl (C=O) groups is 1. The van der Waals surface area contributed by atoms with Gasteiger partial charge in [0.15, 0.2) is 12.6 Å². The molecule has 2 aliphatic heterocycles. The zero-order chi connectivity index (χ0) is 59.5. The molecule has 1 amide bonds. The molecule has 2 heterocycles. The molecule has 2 rings (SSSR count). The Balaban J connectivity index is 1.72. The molecule has 14 heteroatoms. The van der Waals surface area contributed by atoms with Gasteiger partial charge in [-0.15, -0.1) is 0 Å². The van der Waals surface area contributed by atoms with E-state index in [1.165, 1.54) is 205 Å². The van der Waals surface area contributed by atoms with Crippen molar-refractivity contribution >= 4 is 5.91 Å². The third-order valence-corrected chi connectivity index (χ3v) is 16.5. The minimum absolute atomic E-state index is 0.251. The van der Waals surface area contributed by atoms with E-state index >= 15 is 0 Å². The Kier molecular flexibility index (Phi) is 49.3. The first-order valence-electron chi connectivity index (χ1n) is 33.9. The van der Waals surface area contributed by atoms with Gasteiger partial charge in [-0.2, -0.15) is 0 Å². The number of rotatable bonds is 55. The standard InChI is InChI=1S/C68H125NO13/c1-3-5-7-9-11-13-15-17-19-21-23-25-26-27-28-29-30-32-33-35-37-39-41-43-45-47-49-51-57(72)56(55-79-67-65(78)63(76)66(59(54-71)81-67)82-68-64(77)62(75)61(74)58(53-70)80-68)69-60(73)52-50-48-46-44-42-40-38-36-34-31-24-22-20-18-16-14-12-10-8-6-4-2/h16,18,22,24,41,43,49,51,56-59,61-68,70-72,74-78H,3-15,17,19-21,23,25-40,42,44-48,50,52-55H2,1-2H3,(H,69,73)/b18-16-,24-22-,43-41+,51-49+. The van der Waals surface area contributed by atoms with Crippen molar-refractivity contribution in [3.63, 3.8) is 0 Å². The lowest BCUT2D eigenvalue weighted by molar-refractivity contribution is -0.359. The summed E-state index contributed by atoms with van der Waals surface area (Å²) in [6.45, 7) is 2.80. The molecule has 0 aromatic heterocycles. The van der Waals surface area contributed by atoms with E-state index in [-0.39, 0.29) is 18.9 Å². The average molecular weight is 1160 g/mol. The molecule has 2 aliphatic rings. The second kappa shape index (κ2) is 53.2. The molecule has 2 saturated heterocycles. The SMILES string of the molecule is CCCCCCC/C=C\C/C=C\CCCCCCCCCCCC(=O)NC(COC1OC(CO)C(OC2OC(CO)C(O)C(O)C2O)C(O)C1O)C(O)/C=C/CC/C=C/CCCCCCCCCCCCCCCCCCCCCCC. The lowest BCUT2D eigenvalue weighted by atomic mass is 9.97. The average Bonchev–Trinajstić information content (AvgIpc) is 3.66. The number of hydrogen-bond donors (Lipinski definition) is 9. The van der Waals surface area contributed by atoms with Crippen LogP contribution >= 0.6 is 0 Å². The molecule has 2 fully saturated rings. The van der Waals surface area contributed by atoms with E-state index < -0.39 is 86.8 Å². The van der Waals surface area contributed by atoms with Crippen LogP contribution in [0.2, 0.25) is 0 Å². The van der Waals surface area contributed by atoms with Crippen molar-refractivity contribution in [2.45, 2.75) is 357 Å². The first kappa shape index (κ1) is 76.0. The molecule has 480 valence electrons. The summed E-state index contributed by atoms with van der Waals surface area (Å²) < 4.78 is 22.8. The Morgan fingerprint density at radius 2 is 0.817 bits per heavy atom. The van der Waals surface area contributed by atoms with Crippen molar-refractivity contribution in [3.05, 3.63) is 48.6 Å². The van der Waals surface area contributed by atoms with Gasteiger partial charge in [0.25, 0.3) is 0 Å². The smallest absolute Gasteiger partial charge is 0.220 e. The normalized spacial score (nSPS) is 24.2. The maximum absolute atomic E-state index is 13.3. The van der Waals surface area contributed by atoms with Crippen molar-refractivity contribution < 1.29 is 64.6 Å². The van der Waals surface area contributed by atoms with Crippen molar-refractivity contribution in [1.29, 1.82) is 0 Å². The van der Waals surface area contributed by atoms with Crippen LogP contribution in [0.25, 0.3) is 0 Å². The van der Waals surface area contributed by atoms with Crippen LogP contribution in [0.3, 0.4) is 0 Å². The maximum Gasteiger partial charge on any atom is 0.220 e. The van der Waals surface area contributed by atoms with Gasteiger partial charge in [-0.3, -0.25) is 4.79 Å². The van der Waals surface area contributed by atoms with E-state index in [2.05, 4.69) is 55.6 Å². The van der Waals surface area contributed by atoms with Crippen LogP contribution < -0.4 is 5.32 Å². The fraction of sp³-hybridized carbons (Fsp3) is 0.868. The van der Waals surface area contributed by atoms with Crippen molar-refractivity contribution in [2.75, 3.05) is 19.8 Å². The number of aliphatic hydroxyl groups excluding tert-OH is 8. The molecule has 0 radical (unpaired) electrons. The second-order valence-corrected chi connectivity index (χ2v) is 23.9. The Bertz CT molecular complexity index is 1560. The number of nitrogens with one attached hydrogen (secondary N) is 1. The number of aliphatic hydroxyl groups is 8. The molecule has 0 saturated carbocycles. The predicted molar refractivity (Wildman–Crippen MR) is 332 cm³/mol. The highest BCUT2D eigenvalue weighted by molar-refractivity contribution is 5.76. The Labute approximate surface area is 499 Å². The summed E-state index contributed by atoms with van der Waals surface area (Å²) in [5.41, 5.74) is 0. The largest absolute Gasteiger partial charge is 0.394 e. The van der Waals surface area contributed by atoms with Gasteiger partial charge in [-0.1, -0.05) is 262 Å². The minimum Gasteiger partial charge on any atom is -0.394 e. The van der Waals surface area contributed by atoms with Crippen LogP contribution in [0.1, 0.15) is 284 Å². The first-order valence-corrected chi connectivity index (χ1v) is 33.9. The highest BCUT2D eigenvalue weighted by atomic mass is 16.7. The summed E-state index contributed by atoms with van der Waals surface area (Å²) in [7, 11) is 0. The number of carbonyl (C=O) groups excluding carboxylic acids is 1. The molecule has 0 spiro atoms. The molecule has 12 atom stereocenters. The van der Waals surface area contributed by atoms with Crippen LogP contribution in [0.4, 0.5) is 0 Å². The van der Waals surface area contributed by atoms with Crippen LogP contribution in [0.5, 0.6) is 0 Å². The van der Waals surface area contributed by atoms with E-state index in [0.29, 0.717) is 12.8 Å². The third kappa shape index (κ3) is 37.5. The van der Waals surface area contributed by atoms with Crippen molar-refractivity contribution in [3.8, 4) is 0 Å². The van der Waals surface area contributed by atoms with E-state index in [0.717, 1.165) is 44.9 Å². The summed E-state index contributed by atoms with van der Waals surface area (Å²) in [6.07, 6.45) is 51.6. The summed E-state index contributed by atoms with van der Waals surface area (Å²) in [5.74, 6) is -0.251. The summed E-state index contributed by atoms with van der Waals surface area (Å²) in [6, 6.07) is -0.936. The van der Waals surface area contributed by atoms with Gasteiger partial charge in [0.05, 0.1) is 32.0 Å². The summed E-state index contributed by atoms with van der Waals surface area (Å²) in [5, 5.41) is 87.3. The number of allylic oxidation sites excluding steroid dienone is 7. The topological polar surface area (TPSA) is 228 Å². The Hall–Kier alpha value is -2.05. The zero-order valence-electron chi connectivity index (χ0n) is 52.0.